The van der Waals surface area contributed by atoms with Gasteiger partial charge in [0.05, 0.1) is 30.9 Å². The number of hydrogen-bond donors (Lipinski definition) is 1. The van der Waals surface area contributed by atoms with Crippen molar-refractivity contribution in [2.24, 2.45) is 0 Å². The molecular formula is C21H20BrFN2O3. The zero-order valence-electron chi connectivity index (χ0n) is 15.5. The van der Waals surface area contributed by atoms with Gasteiger partial charge < -0.3 is 19.7 Å². The summed E-state index contributed by atoms with van der Waals surface area (Å²) in [5, 5.41) is 2.78. The molecule has 1 N–H and O–H groups in total. The Bertz CT molecular complexity index is 943. The molecule has 0 aromatic heterocycles. The lowest BCUT2D eigenvalue weighted by Crippen LogP contribution is -2.33. The van der Waals surface area contributed by atoms with Gasteiger partial charge >= 0.3 is 0 Å². The number of hydrogen-bond acceptors (Lipinski definition) is 4. The predicted molar refractivity (Wildman–Crippen MR) is 109 cm³/mol. The highest BCUT2D eigenvalue weighted by Gasteiger charge is 2.19. The van der Waals surface area contributed by atoms with E-state index in [9.17, 15) is 9.18 Å². The molecule has 0 saturated carbocycles. The summed E-state index contributed by atoms with van der Waals surface area (Å²) in [6.07, 6.45) is 3.64. The number of carbonyl (C=O) groups is 1. The highest BCUT2D eigenvalue weighted by Crippen LogP contribution is 2.29. The molecule has 0 fully saturated rings. The highest BCUT2D eigenvalue weighted by molar-refractivity contribution is 9.11. The molecule has 5 nitrogen and oxygen atoms in total. The Morgan fingerprint density at radius 3 is 2.68 bits per heavy atom. The summed E-state index contributed by atoms with van der Waals surface area (Å²) in [6.45, 7) is 1.00. The molecule has 0 aliphatic carbocycles. The molecule has 1 amide bonds. The first kappa shape index (κ1) is 19.9. The molecule has 0 atom stereocenters. The van der Waals surface area contributed by atoms with Crippen LogP contribution in [0.1, 0.15) is 15.9 Å². The average Bonchev–Trinajstić information content (AvgIpc) is 2.71. The van der Waals surface area contributed by atoms with Gasteiger partial charge in [0.2, 0.25) is 0 Å². The van der Waals surface area contributed by atoms with Crippen LogP contribution in [0.15, 0.2) is 64.9 Å². The van der Waals surface area contributed by atoms with E-state index in [-0.39, 0.29) is 5.56 Å². The number of allylic oxidation sites excluding steroid dienone is 2. The highest BCUT2D eigenvalue weighted by atomic mass is 79.9. The molecule has 0 spiro atoms. The van der Waals surface area contributed by atoms with Gasteiger partial charge in [0.25, 0.3) is 5.91 Å². The van der Waals surface area contributed by atoms with E-state index in [1.54, 1.807) is 32.4 Å². The maximum absolute atomic E-state index is 13.8. The lowest BCUT2D eigenvalue weighted by molar-refractivity contribution is 0.0958. The van der Waals surface area contributed by atoms with Crippen molar-refractivity contribution in [2.75, 3.05) is 20.8 Å². The average molecular weight is 447 g/mol. The molecule has 0 saturated heterocycles. The Balaban J connectivity index is 1.72. The number of nitrogens with zero attached hydrogens (tertiary/aromatic N) is 1. The number of ether oxygens (including phenoxy) is 2. The fourth-order valence-electron chi connectivity index (χ4n) is 2.87. The lowest BCUT2D eigenvalue weighted by atomic mass is 10.1. The van der Waals surface area contributed by atoms with Crippen LogP contribution in [0, 0.1) is 5.82 Å². The number of nitrogens with one attached hydrogen (secondary N) is 1. The molecule has 1 aliphatic heterocycles. The predicted octanol–water partition coefficient (Wildman–Crippen LogP) is 4.21. The van der Waals surface area contributed by atoms with E-state index >= 15 is 0 Å². The summed E-state index contributed by atoms with van der Waals surface area (Å²) >= 11 is 3.54. The van der Waals surface area contributed by atoms with Gasteiger partial charge in [-0.15, -0.1) is 0 Å². The number of benzene rings is 2. The summed E-state index contributed by atoms with van der Waals surface area (Å²) in [5.41, 5.74) is 1.65. The van der Waals surface area contributed by atoms with Gasteiger partial charge in [-0.05, 0) is 52.3 Å². The maximum Gasteiger partial charge on any atom is 0.258 e. The first-order chi connectivity index (χ1) is 13.5. The minimum Gasteiger partial charge on any atom is -0.497 e. The molecule has 28 heavy (non-hydrogen) atoms. The van der Waals surface area contributed by atoms with Crippen LogP contribution in [-0.2, 0) is 6.54 Å². The van der Waals surface area contributed by atoms with Crippen molar-refractivity contribution in [3.63, 3.8) is 0 Å². The van der Waals surface area contributed by atoms with Gasteiger partial charge in [-0.25, -0.2) is 4.39 Å². The Morgan fingerprint density at radius 1 is 1.18 bits per heavy atom. The van der Waals surface area contributed by atoms with Crippen molar-refractivity contribution in [2.45, 2.75) is 6.54 Å². The van der Waals surface area contributed by atoms with Crippen LogP contribution in [0.3, 0.4) is 0 Å². The molecule has 1 aliphatic rings. The first-order valence-corrected chi connectivity index (χ1v) is 9.39. The van der Waals surface area contributed by atoms with E-state index in [1.165, 1.54) is 12.1 Å². The van der Waals surface area contributed by atoms with E-state index in [0.29, 0.717) is 30.3 Å². The molecule has 0 radical (unpaired) electrons. The zero-order valence-corrected chi connectivity index (χ0v) is 17.1. The SMILES string of the molecule is COc1ccc(CN2CC(NC(=O)c3ccccc3F)=CC=C2Br)c(OC)c1. The Labute approximate surface area is 171 Å². The summed E-state index contributed by atoms with van der Waals surface area (Å²) in [7, 11) is 3.22. The minimum atomic E-state index is -0.548. The van der Waals surface area contributed by atoms with E-state index in [2.05, 4.69) is 21.2 Å². The topological polar surface area (TPSA) is 50.8 Å². The first-order valence-electron chi connectivity index (χ1n) is 8.60. The van der Waals surface area contributed by atoms with Crippen molar-refractivity contribution in [1.82, 2.24) is 10.2 Å². The van der Waals surface area contributed by atoms with Gasteiger partial charge in [-0.3, -0.25) is 4.79 Å². The van der Waals surface area contributed by atoms with Crippen molar-refractivity contribution < 1.29 is 18.7 Å². The fraction of sp³-hybridized carbons (Fsp3) is 0.190. The van der Waals surface area contributed by atoms with Gasteiger partial charge in [0.1, 0.15) is 17.3 Å². The summed E-state index contributed by atoms with van der Waals surface area (Å²) in [4.78, 5) is 14.4. The normalized spacial score (nSPS) is 13.5. The monoisotopic (exact) mass is 446 g/mol. The third-order valence-corrected chi connectivity index (χ3v) is 5.10. The van der Waals surface area contributed by atoms with Crippen LogP contribution in [-0.4, -0.2) is 31.6 Å². The standard InChI is InChI=1S/C21H20BrFN2O3/c1-27-16-9-7-14(19(11-16)28-2)12-25-13-15(8-10-20(25)22)24-21(26)17-5-3-4-6-18(17)23/h3-11H,12-13H2,1-2H3,(H,24,26). The molecule has 7 heteroatoms. The van der Waals surface area contributed by atoms with Crippen LogP contribution in [0.4, 0.5) is 4.39 Å². The van der Waals surface area contributed by atoms with Crippen molar-refractivity contribution in [1.29, 1.82) is 0 Å². The number of methoxy groups -OCH3 is 2. The molecule has 0 bridgehead atoms. The van der Waals surface area contributed by atoms with Crippen LogP contribution in [0.25, 0.3) is 0 Å². The van der Waals surface area contributed by atoms with Gasteiger partial charge in [-0.1, -0.05) is 12.1 Å². The molecule has 2 aromatic rings. The molecule has 1 heterocycles. The van der Waals surface area contributed by atoms with Crippen LogP contribution in [0.2, 0.25) is 0 Å². The summed E-state index contributed by atoms with van der Waals surface area (Å²) < 4.78 is 25.4. The smallest absolute Gasteiger partial charge is 0.258 e. The van der Waals surface area contributed by atoms with E-state index in [4.69, 9.17) is 9.47 Å². The third-order valence-electron chi connectivity index (χ3n) is 4.33. The number of carbonyl (C=O) groups excluding carboxylic acids is 1. The molecule has 3 rings (SSSR count). The Hall–Kier alpha value is -2.80. The quantitative estimate of drug-likeness (QED) is 0.675. The van der Waals surface area contributed by atoms with Gasteiger partial charge in [-0.2, -0.15) is 0 Å². The minimum absolute atomic E-state index is 0.0143. The Morgan fingerprint density at radius 2 is 1.96 bits per heavy atom. The van der Waals surface area contributed by atoms with Crippen LogP contribution >= 0.6 is 15.9 Å². The second kappa shape index (κ2) is 8.93. The lowest BCUT2D eigenvalue weighted by Gasteiger charge is -2.29. The van der Waals surface area contributed by atoms with Crippen LogP contribution < -0.4 is 14.8 Å². The second-order valence-corrected chi connectivity index (χ2v) is 6.96. The van der Waals surface area contributed by atoms with E-state index in [1.807, 2.05) is 29.2 Å². The molecule has 2 aromatic carbocycles. The van der Waals surface area contributed by atoms with E-state index in [0.717, 1.165) is 10.2 Å². The van der Waals surface area contributed by atoms with E-state index < -0.39 is 11.7 Å². The van der Waals surface area contributed by atoms with Crippen molar-refractivity contribution in [3.8, 4) is 11.5 Å². The van der Waals surface area contributed by atoms with Gasteiger partial charge in [0.15, 0.2) is 0 Å². The maximum atomic E-state index is 13.8. The van der Waals surface area contributed by atoms with Gasteiger partial charge in [0, 0.05) is 23.9 Å². The summed E-state index contributed by atoms with van der Waals surface area (Å²) in [5.74, 6) is 0.406. The third kappa shape index (κ3) is 4.54. The largest absolute Gasteiger partial charge is 0.497 e. The number of halogens is 2. The zero-order chi connectivity index (χ0) is 20.1. The Kier molecular flexibility index (Phi) is 6.36. The molecular weight excluding hydrogens is 427 g/mol. The second-order valence-electron chi connectivity index (χ2n) is 6.15. The number of amides is 1. The van der Waals surface area contributed by atoms with Crippen molar-refractivity contribution in [3.05, 3.63) is 81.9 Å². The molecule has 0 unspecified atom stereocenters. The molecule has 146 valence electrons. The number of rotatable bonds is 6. The fourth-order valence-corrected chi connectivity index (χ4v) is 3.25. The summed E-state index contributed by atoms with van der Waals surface area (Å²) in [6, 6.07) is 11.5. The van der Waals surface area contributed by atoms with Crippen LogP contribution in [0.5, 0.6) is 11.5 Å². The van der Waals surface area contributed by atoms with Crippen molar-refractivity contribution >= 4 is 21.8 Å².